The average molecular weight is 3020 g/mol. The number of aliphatic hydroxyl groups excluding tert-OH is 4. The minimum Gasteiger partial charge on any atom is -0.512 e. The van der Waals surface area contributed by atoms with E-state index in [-0.39, 0.29) is 178 Å². The number of allylic oxidation sites excluding steroid dienone is 8. The van der Waals surface area contributed by atoms with Crippen LogP contribution in [0.25, 0.3) is 144 Å². The van der Waals surface area contributed by atoms with Crippen molar-refractivity contribution in [2.75, 3.05) is 0 Å². The molecule has 0 saturated carbocycles. The average Bonchev–Trinajstić information content (AvgIpc) is 1.58. The van der Waals surface area contributed by atoms with Crippen molar-refractivity contribution in [3.8, 4) is 78.7 Å². The van der Waals surface area contributed by atoms with E-state index in [4.69, 9.17) is 30.4 Å². The molecule has 0 atom stereocenters. The molecule has 0 amide bonds. The van der Waals surface area contributed by atoms with Crippen LogP contribution in [-0.4, -0.2) is 73.5 Å². The van der Waals surface area contributed by atoms with Crippen LogP contribution in [0.5, 0.6) is 0 Å². The van der Waals surface area contributed by atoms with Crippen LogP contribution in [0, 0.1) is 57.2 Å². The van der Waals surface area contributed by atoms with Gasteiger partial charge >= 0.3 is 0 Å². The van der Waals surface area contributed by atoms with Crippen LogP contribution in [0.2, 0.25) is 0 Å². The summed E-state index contributed by atoms with van der Waals surface area (Å²) in [5.41, 5.74) is 26.2. The molecule has 20 heteroatoms. The Bertz CT molecular complexity index is 7580. The van der Waals surface area contributed by atoms with E-state index in [1.807, 2.05) is 152 Å². The van der Waals surface area contributed by atoms with E-state index in [1.54, 1.807) is 0 Å². The van der Waals surface area contributed by atoms with Gasteiger partial charge < -0.3 is 40.4 Å². The summed E-state index contributed by atoms with van der Waals surface area (Å²) in [4.78, 5) is 67.6. The van der Waals surface area contributed by atoms with Crippen molar-refractivity contribution in [2.24, 2.45) is 0 Å². The number of para-hydroxylation sites is 2. The number of carbonyl (C=O) groups excluding carboxylic acids is 4. The predicted octanol–water partition coefficient (Wildman–Crippen LogP) is 31.4. The van der Waals surface area contributed by atoms with Crippen molar-refractivity contribution < 1.29 is 160 Å². The summed E-state index contributed by atoms with van der Waals surface area (Å²) in [6.45, 7) is 31.1. The molecule has 0 aliphatic heterocycles. The van der Waals surface area contributed by atoms with Gasteiger partial charge in [0, 0.05) is 170 Å². The summed E-state index contributed by atoms with van der Waals surface area (Å²) < 4.78 is 0. The van der Waals surface area contributed by atoms with E-state index in [9.17, 15) is 19.2 Å². The number of carbonyl (C=O) groups is 4. The molecule has 148 heavy (non-hydrogen) atoms. The van der Waals surface area contributed by atoms with Gasteiger partial charge in [0.25, 0.3) is 0 Å². The van der Waals surface area contributed by atoms with Crippen LogP contribution in [0.15, 0.2) is 394 Å². The zero-order chi connectivity index (χ0) is 102. The first-order valence-electron chi connectivity index (χ1n) is 46.9. The van der Waals surface area contributed by atoms with Gasteiger partial charge in [0.05, 0.1) is 34.1 Å². The van der Waals surface area contributed by atoms with Gasteiger partial charge in [-0.2, -0.15) is 0 Å². The van der Waals surface area contributed by atoms with Crippen molar-refractivity contribution in [2.45, 2.75) is 135 Å². The Balaban J connectivity index is 0.000000296. The Labute approximate surface area is 951 Å². The fourth-order valence-corrected chi connectivity index (χ4v) is 15.8. The number of fused-ring (bicyclic) bond motifs is 9. The summed E-state index contributed by atoms with van der Waals surface area (Å²) >= 11 is 0. The molecule has 6 radical (unpaired) electrons. The van der Waals surface area contributed by atoms with Crippen molar-refractivity contribution >= 4 is 88.0 Å². The zero-order valence-corrected chi connectivity index (χ0v) is 99.9. The molecule has 0 spiro atoms. The van der Waals surface area contributed by atoms with Crippen LogP contribution in [0.1, 0.15) is 136 Å². The number of aryl methyl sites for hydroxylation is 4. The molecule has 6 heterocycles. The molecule has 0 fully saturated rings. The van der Waals surface area contributed by atoms with E-state index >= 15 is 0 Å². The molecule has 6 aromatic heterocycles. The van der Waals surface area contributed by atoms with Crippen molar-refractivity contribution in [1.82, 2.24) is 29.9 Å². The van der Waals surface area contributed by atoms with Crippen LogP contribution >= 0.6 is 0 Å². The third-order valence-corrected chi connectivity index (χ3v) is 22.4. The largest absolute Gasteiger partial charge is 0.512 e. The number of hydrogen-bond acceptors (Lipinski definition) is 14. The van der Waals surface area contributed by atoms with Crippen LogP contribution in [-0.2, 0) is 157 Å². The third-order valence-electron chi connectivity index (χ3n) is 22.4. The summed E-state index contributed by atoms with van der Waals surface area (Å²) in [5, 5.41) is 45.4. The second-order valence-electron chi connectivity index (χ2n) is 35.7. The van der Waals surface area contributed by atoms with Gasteiger partial charge in [0.2, 0.25) is 0 Å². The number of rotatable bonds is 11. The molecule has 768 valence electrons. The first-order valence-corrected chi connectivity index (χ1v) is 46.9. The van der Waals surface area contributed by atoms with Gasteiger partial charge in [-0.1, -0.05) is 256 Å². The fourth-order valence-electron chi connectivity index (χ4n) is 15.8. The number of ketones is 4. The number of aliphatic hydroxyl groups is 4. The maximum Gasteiger partial charge on any atom is 0.155 e. The first-order chi connectivity index (χ1) is 68.1. The summed E-state index contributed by atoms with van der Waals surface area (Å²) in [5.74, 6) is -0.250. The molecular weight excluding hydrogens is 2900 g/mol. The van der Waals surface area contributed by atoms with Gasteiger partial charge in [0.15, 0.2) is 23.1 Å². The second-order valence-corrected chi connectivity index (χ2v) is 35.7. The fraction of sp³-hybridized carbons (Fsp3) is 0.156. The molecule has 1 aliphatic carbocycles. The number of pyridine rings is 6. The molecule has 0 saturated heterocycles. The standard InChI is InChI=1S/C24H18N.C19H18N.2C17H14N.C16H12N.C15H10N.4C5H8O2.6Ir/c1-24(2)20-9-5-4-8-18(20)19-13-11-17(15-21(19)24)23-14-12-16-7-3-6-10-22(16)25-23;1-19(2,3)16-9-10-17-15(13-16)11-12-20-18(17)14-7-5-4-6-8-14;1-12-9-13(2)11-15(10-12)17-8-7-14-5-3-4-6-16(14)18-17;1-2-13-7-9-15(10-8-13)17-16-6-4-3-5-14(16)11-12-18-17;1-12-6-8-14(9-7-12)16-15-5-3-2-4-13(15)10-11-17-16;1-2-7-13(8-3-1)15-14-9-5-4-6-12(14)10-11-16-15;4*1-4(6)3-5(2)7;;;;;;/h3-10,12-15H,1-2H3;4-7,9-13H,1-3H3;3-10H,1-2H3;3-9,11-12H,2H2,1H3;2-8,10-11H,1H3;1-7,9-11H;4*3,6H,1-2H3;;;;;;/q6*-1;;;;;;;;;;. The summed E-state index contributed by atoms with van der Waals surface area (Å²) in [6, 6.07) is 130. The number of aromatic nitrogens is 6. The van der Waals surface area contributed by atoms with Crippen molar-refractivity contribution in [3.63, 3.8) is 0 Å². The van der Waals surface area contributed by atoms with Crippen LogP contribution in [0.3, 0.4) is 0 Å². The molecule has 20 rings (SSSR count). The Morgan fingerprint density at radius 2 is 0.696 bits per heavy atom. The van der Waals surface area contributed by atoms with Gasteiger partial charge in [-0.25, -0.2) is 0 Å². The molecule has 13 aromatic carbocycles. The van der Waals surface area contributed by atoms with E-state index in [1.165, 1.54) is 178 Å². The van der Waals surface area contributed by atoms with Gasteiger partial charge in [-0.15, -0.1) is 207 Å². The SMILES string of the molecule is CC(=O)C=C(C)O.CC(=O)C=C(C)O.CC(=O)C=C(C)O.CC(=O)C=C(C)O.CC(C)(C)c1ccc2c(-c3[c-]cccc3)nccc2c1.CC1(C)c2ccccc2-c2c[c-]c(-c3ccc4ccccc4n3)cc21.CCc1c[c-]c(-c2nccc3ccccc23)cc1.Cc1[c-]c(-c2ccc3ccccc3n2)cc(C)c1.Cc1c[c-]c(-c2nccc3ccccc23)cc1.[Ir].[Ir].[Ir].[Ir].[Ir].[Ir].[c-]1ccccc1-c1nccc2ccccc12. The molecule has 0 bridgehead atoms. The van der Waals surface area contributed by atoms with E-state index in [2.05, 4.69) is 313 Å². The Hall–Kier alpha value is -12.9. The quantitative estimate of drug-likeness (QED) is 0.0537. The smallest absolute Gasteiger partial charge is 0.155 e. The monoisotopic (exact) mass is 3020 g/mol. The van der Waals surface area contributed by atoms with E-state index in [0.29, 0.717) is 0 Å². The van der Waals surface area contributed by atoms with Crippen LogP contribution < -0.4 is 0 Å². The van der Waals surface area contributed by atoms with Crippen LogP contribution in [0.4, 0.5) is 0 Å². The number of nitrogens with zero attached hydrogens (tertiary/aromatic N) is 6. The Kier molecular flexibility index (Phi) is 52.4. The molecule has 19 aromatic rings. The minimum atomic E-state index is -0.125. The summed E-state index contributed by atoms with van der Waals surface area (Å²) in [6.07, 6.45) is 13.1. The third kappa shape index (κ3) is 37.4. The zero-order valence-electron chi connectivity index (χ0n) is 85.5. The van der Waals surface area contributed by atoms with E-state index in [0.717, 1.165) is 90.6 Å². The van der Waals surface area contributed by atoms with Gasteiger partial charge in [-0.3, -0.25) is 29.1 Å². The summed E-state index contributed by atoms with van der Waals surface area (Å²) in [7, 11) is 0. The molecule has 14 nitrogen and oxygen atoms in total. The first kappa shape index (κ1) is 126. The van der Waals surface area contributed by atoms with Gasteiger partial charge in [0.1, 0.15) is 0 Å². The minimum absolute atomic E-state index is 0. The normalized spacial score (nSPS) is 11.1. The molecule has 4 N–H and O–H groups in total. The Morgan fingerprint density at radius 1 is 0.324 bits per heavy atom. The van der Waals surface area contributed by atoms with Crippen molar-refractivity contribution in [3.05, 3.63) is 469 Å². The predicted molar refractivity (Wildman–Crippen MR) is 584 cm³/mol. The maximum atomic E-state index is 10.0. The van der Waals surface area contributed by atoms with E-state index < -0.39 is 0 Å². The molecule has 0 unspecified atom stereocenters. The maximum absolute atomic E-state index is 10.0. The molecule has 1 aliphatic rings. The molecular formula is C128H118Ir6N6O8-6. The second kappa shape index (κ2) is 61.7. The van der Waals surface area contributed by atoms with Crippen molar-refractivity contribution in [1.29, 1.82) is 0 Å². The Morgan fingerprint density at radius 3 is 1.07 bits per heavy atom. The topological polar surface area (TPSA) is 227 Å². The number of benzene rings is 13. The number of hydrogen-bond donors (Lipinski definition) is 4. The van der Waals surface area contributed by atoms with Gasteiger partial charge in [-0.05, 0) is 202 Å².